The maximum absolute atomic E-state index is 9.10. The van der Waals surface area contributed by atoms with Crippen molar-refractivity contribution in [3.8, 4) is 6.07 Å². The van der Waals surface area contributed by atoms with Crippen LogP contribution >= 0.6 is 0 Å². The summed E-state index contributed by atoms with van der Waals surface area (Å²) >= 11 is 0. The van der Waals surface area contributed by atoms with Crippen molar-refractivity contribution in [2.75, 3.05) is 5.32 Å². The van der Waals surface area contributed by atoms with Crippen molar-refractivity contribution < 1.29 is 0 Å². The van der Waals surface area contributed by atoms with Crippen LogP contribution in [0.4, 0.5) is 5.69 Å². The molecule has 0 atom stereocenters. The van der Waals surface area contributed by atoms with Crippen LogP contribution in [0.5, 0.6) is 0 Å². The van der Waals surface area contributed by atoms with Crippen molar-refractivity contribution in [1.82, 2.24) is 0 Å². The summed E-state index contributed by atoms with van der Waals surface area (Å²) < 4.78 is 0. The van der Waals surface area contributed by atoms with Crippen LogP contribution in [-0.4, -0.2) is 5.54 Å². The minimum atomic E-state index is -0.305. The SMILES string of the molecule is CC1CC(C#N)(Nc2ccccc2)C1. The molecular weight excluding hydrogens is 172 g/mol. The van der Waals surface area contributed by atoms with Crippen molar-refractivity contribution in [3.63, 3.8) is 0 Å². The highest BCUT2D eigenvalue weighted by molar-refractivity contribution is 5.48. The molecule has 2 rings (SSSR count). The molecule has 1 aromatic rings. The lowest BCUT2D eigenvalue weighted by atomic mass is 9.70. The maximum Gasteiger partial charge on any atom is 0.125 e. The summed E-state index contributed by atoms with van der Waals surface area (Å²) in [6, 6.07) is 12.3. The van der Waals surface area contributed by atoms with Gasteiger partial charge in [-0.1, -0.05) is 25.1 Å². The highest BCUT2D eigenvalue weighted by Gasteiger charge is 2.42. The van der Waals surface area contributed by atoms with E-state index in [9.17, 15) is 0 Å². The predicted octanol–water partition coefficient (Wildman–Crippen LogP) is 2.79. The van der Waals surface area contributed by atoms with Crippen LogP contribution in [0.25, 0.3) is 0 Å². The van der Waals surface area contributed by atoms with E-state index in [0.29, 0.717) is 5.92 Å². The number of rotatable bonds is 2. The molecule has 0 saturated heterocycles. The zero-order valence-corrected chi connectivity index (χ0v) is 8.33. The van der Waals surface area contributed by atoms with Gasteiger partial charge in [0.25, 0.3) is 0 Å². The van der Waals surface area contributed by atoms with Gasteiger partial charge in [-0.15, -0.1) is 0 Å². The number of nitriles is 1. The van der Waals surface area contributed by atoms with Gasteiger partial charge in [0.15, 0.2) is 0 Å². The highest BCUT2D eigenvalue weighted by atomic mass is 15.0. The quantitative estimate of drug-likeness (QED) is 0.770. The van der Waals surface area contributed by atoms with Gasteiger partial charge in [0.1, 0.15) is 5.54 Å². The van der Waals surface area contributed by atoms with Gasteiger partial charge in [-0.25, -0.2) is 0 Å². The van der Waals surface area contributed by atoms with E-state index in [1.807, 2.05) is 30.3 Å². The fourth-order valence-corrected chi connectivity index (χ4v) is 2.15. The summed E-state index contributed by atoms with van der Waals surface area (Å²) in [5, 5.41) is 12.4. The second kappa shape index (κ2) is 3.34. The molecule has 0 unspecified atom stereocenters. The maximum atomic E-state index is 9.10. The number of para-hydroxylation sites is 1. The Morgan fingerprint density at radius 2 is 2.00 bits per heavy atom. The van der Waals surface area contributed by atoms with Gasteiger partial charge in [-0.3, -0.25) is 0 Å². The molecule has 1 N–H and O–H groups in total. The van der Waals surface area contributed by atoms with Crippen LogP contribution in [-0.2, 0) is 0 Å². The van der Waals surface area contributed by atoms with Gasteiger partial charge >= 0.3 is 0 Å². The number of hydrogen-bond donors (Lipinski definition) is 1. The van der Waals surface area contributed by atoms with Crippen LogP contribution in [0.3, 0.4) is 0 Å². The van der Waals surface area contributed by atoms with Gasteiger partial charge in [0.05, 0.1) is 6.07 Å². The molecule has 14 heavy (non-hydrogen) atoms. The van der Waals surface area contributed by atoms with Crippen LogP contribution < -0.4 is 5.32 Å². The fourth-order valence-electron chi connectivity index (χ4n) is 2.15. The van der Waals surface area contributed by atoms with Crippen molar-refractivity contribution in [2.24, 2.45) is 5.92 Å². The molecule has 0 aromatic heterocycles. The van der Waals surface area contributed by atoms with E-state index in [-0.39, 0.29) is 5.54 Å². The minimum absolute atomic E-state index is 0.305. The average Bonchev–Trinajstić information content (AvgIpc) is 2.16. The molecule has 72 valence electrons. The van der Waals surface area contributed by atoms with E-state index < -0.39 is 0 Å². The van der Waals surface area contributed by atoms with Crippen LogP contribution in [0.2, 0.25) is 0 Å². The second-order valence-corrected chi connectivity index (χ2v) is 4.20. The summed E-state index contributed by atoms with van der Waals surface area (Å²) in [4.78, 5) is 0. The number of anilines is 1. The molecule has 2 heteroatoms. The summed E-state index contributed by atoms with van der Waals surface area (Å²) in [5.41, 5.74) is 0.738. The molecule has 2 nitrogen and oxygen atoms in total. The molecule has 1 fully saturated rings. The molecule has 0 radical (unpaired) electrons. The lowest BCUT2D eigenvalue weighted by molar-refractivity contribution is 0.244. The molecule has 0 bridgehead atoms. The van der Waals surface area contributed by atoms with E-state index in [1.54, 1.807) is 0 Å². The Hall–Kier alpha value is -1.49. The van der Waals surface area contributed by atoms with E-state index >= 15 is 0 Å². The van der Waals surface area contributed by atoms with Crippen LogP contribution in [0, 0.1) is 17.2 Å². The Bertz CT molecular complexity index is 344. The summed E-state index contributed by atoms with van der Waals surface area (Å²) in [5.74, 6) is 0.672. The normalized spacial score (nSPS) is 30.1. The molecule has 0 amide bonds. The standard InChI is InChI=1S/C12H14N2/c1-10-7-12(8-10,9-13)14-11-5-3-2-4-6-11/h2-6,10,14H,7-8H2,1H3. The van der Waals surface area contributed by atoms with Crippen molar-refractivity contribution in [2.45, 2.75) is 25.3 Å². The first-order chi connectivity index (χ1) is 6.74. The van der Waals surface area contributed by atoms with E-state index in [0.717, 1.165) is 18.5 Å². The average molecular weight is 186 g/mol. The van der Waals surface area contributed by atoms with Gasteiger partial charge in [0.2, 0.25) is 0 Å². The third-order valence-corrected chi connectivity index (χ3v) is 2.77. The first-order valence-electron chi connectivity index (χ1n) is 4.99. The Morgan fingerprint density at radius 3 is 2.50 bits per heavy atom. The van der Waals surface area contributed by atoms with Crippen molar-refractivity contribution in [3.05, 3.63) is 30.3 Å². The summed E-state index contributed by atoms with van der Waals surface area (Å²) in [6.07, 6.45) is 1.91. The number of nitrogens with zero attached hydrogens (tertiary/aromatic N) is 1. The Kier molecular flexibility index (Phi) is 2.17. The molecule has 1 aliphatic carbocycles. The smallest absolute Gasteiger partial charge is 0.125 e. The van der Waals surface area contributed by atoms with E-state index in [1.165, 1.54) is 0 Å². The summed E-state index contributed by atoms with van der Waals surface area (Å²) in [6.45, 7) is 2.18. The Morgan fingerprint density at radius 1 is 1.36 bits per heavy atom. The molecule has 0 spiro atoms. The highest BCUT2D eigenvalue weighted by Crippen LogP contribution is 2.39. The molecule has 1 aliphatic rings. The summed E-state index contributed by atoms with van der Waals surface area (Å²) in [7, 11) is 0. The van der Waals surface area contributed by atoms with Crippen molar-refractivity contribution >= 4 is 5.69 Å². The van der Waals surface area contributed by atoms with Crippen molar-refractivity contribution in [1.29, 1.82) is 5.26 Å². The van der Waals surface area contributed by atoms with Gasteiger partial charge in [-0.05, 0) is 30.9 Å². The van der Waals surface area contributed by atoms with Crippen LogP contribution in [0.15, 0.2) is 30.3 Å². The predicted molar refractivity (Wildman–Crippen MR) is 56.8 cm³/mol. The fraction of sp³-hybridized carbons (Fsp3) is 0.417. The zero-order chi connectivity index (χ0) is 10.0. The van der Waals surface area contributed by atoms with E-state index in [2.05, 4.69) is 18.3 Å². The molecule has 0 heterocycles. The zero-order valence-electron chi connectivity index (χ0n) is 8.33. The first-order valence-corrected chi connectivity index (χ1v) is 4.99. The van der Waals surface area contributed by atoms with E-state index in [4.69, 9.17) is 5.26 Å². The number of benzene rings is 1. The first kappa shape index (κ1) is 9.08. The topological polar surface area (TPSA) is 35.8 Å². The van der Waals surface area contributed by atoms with Gasteiger partial charge in [-0.2, -0.15) is 5.26 Å². The number of nitrogens with one attached hydrogen (secondary N) is 1. The lowest BCUT2D eigenvalue weighted by Gasteiger charge is -2.42. The lowest BCUT2D eigenvalue weighted by Crippen LogP contribution is -2.48. The Labute approximate surface area is 84.6 Å². The largest absolute Gasteiger partial charge is 0.367 e. The molecular formula is C12H14N2. The Balaban J connectivity index is 2.08. The molecule has 1 aromatic carbocycles. The molecule has 1 saturated carbocycles. The number of hydrogen-bond acceptors (Lipinski definition) is 2. The second-order valence-electron chi connectivity index (χ2n) is 4.20. The third kappa shape index (κ3) is 1.58. The van der Waals surface area contributed by atoms with Crippen LogP contribution in [0.1, 0.15) is 19.8 Å². The van der Waals surface area contributed by atoms with Gasteiger partial charge < -0.3 is 5.32 Å². The third-order valence-electron chi connectivity index (χ3n) is 2.77. The monoisotopic (exact) mass is 186 g/mol. The van der Waals surface area contributed by atoms with Gasteiger partial charge in [0, 0.05) is 5.69 Å². The molecule has 0 aliphatic heterocycles. The minimum Gasteiger partial charge on any atom is -0.367 e.